The van der Waals surface area contributed by atoms with E-state index in [2.05, 4.69) is 27.7 Å². The van der Waals surface area contributed by atoms with Crippen LogP contribution >= 0.6 is 10.8 Å². The van der Waals surface area contributed by atoms with Gasteiger partial charge in [-0.3, -0.25) is 9.11 Å². The Labute approximate surface area is 114 Å². The van der Waals surface area contributed by atoms with Gasteiger partial charge in [-0.05, 0) is 29.7 Å². The van der Waals surface area contributed by atoms with Crippen LogP contribution in [0.5, 0.6) is 0 Å². The molecule has 0 aromatic rings. The summed E-state index contributed by atoms with van der Waals surface area (Å²) in [5.74, 6) is 0.856. The minimum absolute atomic E-state index is 0.0403. The van der Waals surface area contributed by atoms with Gasteiger partial charge in [0, 0.05) is 0 Å². The lowest BCUT2D eigenvalue weighted by Crippen LogP contribution is -2.24. The second-order valence-corrected chi connectivity index (χ2v) is 7.00. The van der Waals surface area contributed by atoms with Gasteiger partial charge in [0.05, 0.1) is 4.91 Å². The zero-order valence-electron chi connectivity index (χ0n) is 12.5. The molecule has 2 atom stereocenters. The van der Waals surface area contributed by atoms with Gasteiger partial charge in [0.1, 0.15) is 0 Å². The van der Waals surface area contributed by atoms with E-state index in [0.717, 1.165) is 6.42 Å². The summed E-state index contributed by atoms with van der Waals surface area (Å²) in [5.41, 5.74) is -0.0403. The van der Waals surface area contributed by atoms with Crippen LogP contribution in [0.1, 0.15) is 48.0 Å². The van der Waals surface area contributed by atoms with E-state index in [-0.39, 0.29) is 5.41 Å². The molecule has 0 aliphatic heterocycles. The molecule has 0 heterocycles. The molecular weight excluding hydrogens is 246 g/mol. The first kappa shape index (κ1) is 17.7. The third-order valence-electron chi connectivity index (χ3n) is 3.49. The number of nitrogens with two attached hydrogens (primary N) is 1. The van der Waals surface area contributed by atoms with Crippen LogP contribution in [0.4, 0.5) is 0 Å². The van der Waals surface area contributed by atoms with Crippen LogP contribution in [-0.2, 0) is 0 Å². The summed E-state index contributed by atoms with van der Waals surface area (Å²) in [6.07, 6.45) is 6.70. The average Bonchev–Trinajstić information content (AvgIpc) is 2.40. The van der Waals surface area contributed by atoms with Crippen molar-refractivity contribution in [3.05, 3.63) is 23.1 Å². The van der Waals surface area contributed by atoms with Crippen LogP contribution in [0.25, 0.3) is 0 Å². The summed E-state index contributed by atoms with van der Waals surface area (Å²) in [7, 11) is -3.10. The first-order valence-corrected chi connectivity index (χ1v) is 8.23. The minimum atomic E-state index is -3.10. The molecule has 0 aromatic heterocycles. The Balaban J connectivity index is 0.00000137. The molecule has 0 amide bonds. The predicted molar refractivity (Wildman–Crippen MR) is 82.3 cm³/mol. The van der Waals surface area contributed by atoms with Crippen LogP contribution in [-0.4, -0.2) is 9.11 Å². The van der Waals surface area contributed by atoms with Gasteiger partial charge in [0.2, 0.25) is 0 Å². The highest BCUT2D eigenvalue weighted by atomic mass is 32.3. The molecule has 1 rings (SSSR count). The molecule has 0 aromatic carbocycles. The first-order valence-electron chi connectivity index (χ1n) is 6.62. The molecule has 0 fully saturated rings. The topological polar surface area (TPSA) is 66.5 Å². The Morgan fingerprint density at radius 1 is 1.39 bits per heavy atom. The molecule has 2 unspecified atom stereocenters. The van der Waals surface area contributed by atoms with Gasteiger partial charge in [-0.25, -0.2) is 5.14 Å². The van der Waals surface area contributed by atoms with Crippen molar-refractivity contribution in [3.8, 4) is 0 Å². The second kappa shape index (κ2) is 6.75. The molecule has 0 saturated carbocycles. The third kappa shape index (κ3) is 4.76. The van der Waals surface area contributed by atoms with Crippen molar-refractivity contribution in [1.29, 1.82) is 0 Å². The fraction of sp³-hybridized carbons (Fsp3) is 0.714. The van der Waals surface area contributed by atoms with Crippen LogP contribution < -0.4 is 5.14 Å². The smallest absolute Gasteiger partial charge is 0.0710 e. The second-order valence-electron chi connectivity index (χ2n) is 5.34. The Kier molecular flexibility index (Phi) is 6.65. The largest absolute Gasteiger partial charge is 0.282 e. The van der Waals surface area contributed by atoms with E-state index in [4.69, 9.17) is 5.14 Å². The van der Waals surface area contributed by atoms with Gasteiger partial charge in [-0.15, -0.1) is 10.8 Å². The van der Waals surface area contributed by atoms with E-state index in [0.29, 0.717) is 16.7 Å². The molecule has 4 heteroatoms. The summed E-state index contributed by atoms with van der Waals surface area (Å²) in [5, 5.41) is 5.42. The monoisotopic (exact) mass is 275 g/mol. The quantitative estimate of drug-likeness (QED) is 0.679. The fourth-order valence-electron chi connectivity index (χ4n) is 2.04. The number of rotatable bonds is 2. The molecule has 0 bridgehead atoms. The van der Waals surface area contributed by atoms with Crippen molar-refractivity contribution in [2.24, 2.45) is 22.4 Å². The maximum Gasteiger partial charge on any atom is 0.0710 e. The van der Waals surface area contributed by atoms with Crippen LogP contribution in [0.15, 0.2) is 23.1 Å². The number of allylic oxidation sites excluding steroid dienone is 3. The zero-order valence-corrected chi connectivity index (χ0v) is 13.3. The SMILES string of the molecule is CC.CC1C=CC(S(N)(O)O)=CC(C)(C(C)C)C1. The molecule has 18 heavy (non-hydrogen) atoms. The van der Waals surface area contributed by atoms with Gasteiger partial charge >= 0.3 is 0 Å². The van der Waals surface area contributed by atoms with Crippen molar-refractivity contribution in [1.82, 2.24) is 0 Å². The molecule has 1 aliphatic rings. The van der Waals surface area contributed by atoms with Crippen molar-refractivity contribution < 1.29 is 9.11 Å². The lowest BCUT2D eigenvalue weighted by atomic mass is 9.73. The molecule has 1 aliphatic carbocycles. The summed E-state index contributed by atoms with van der Waals surface area (Å²) < 4.78 is 19.1. The summed E-state index contributed by atoms with van der Waals surface area (Å²) in [4.78, 5) is 0.466. The zero-order chi connectivity index (χ0) is 14.6. The van der Waals surface area contributed by atoms with E-state index in [9.17, 15) is 9.11 Å². The first-order chi connectivity index (χ1) is 8.15. The highest BCUT2D eigenvalue weighted by Crippen LogP contribution is 2.47. The van der Waals surface area contributed by atoms with Crippen molar-refractivity contribution in [3.63, 3.8) is 0 Å². The summed E-state index contributed by atoms with van der Waals surface area (Å²) in [6, 6.07) is 0. The fourth-order valence-corrected chi connectivity index (χ4v) is 2.76. The normalized spacial score (nSPS) is 29.2. The average molecular weight is 275 g/mol. The third-order valence-corrected chi connectivity index (χ3v) is 4.44. The van der Waals surface area contributed by atoms with Crippen molar-refractivity contribution in [2.45, 2.75) is 48.0 Å². The molecule has 0 radical (unpaired) electrons. The maximum absolute atomic E-state index is 9.56. The van der Waals surface area contributed by atoms with Crippen LogP contribution in [0, 0.1) is 17.3 Å². The minimum Gasteiger partial charge on any atom is -0.282 e. The molecular formula is C14H29NO2S. The van der Waals surface area contributed by atoms with Crippen LogP contribution in [0.3, 0.4) is 0 Å². The Hall–Kier alpha value is -0.290. The lowest BCUT2D eigenvalue weighted by Gasteiger charge is -2.34. The van der Waals surface area contributed by atoms with E-state index < -0.39 is 10.8 Å². The van der Waals surface area contributed by atoms with Gasteiger partial charge in [0.15, 0.2) is 0 Å². The van der Waals surface area contributed by atoms with Crippen LogP contribution in [0.2, 0.25) is 0 Å². The summed E-state index contributed by atoms with van der Waals surface area (Å²) >= 11 is 0. The molecule has 4 N–H and O–H groups in total. The Bertz CT molecular complexity index is 318. The van der Waals surface area contributed by atoms with Gasteiger partial charge in [0.25, 0.3) is 0 Å². The number of hydrogen-bond acceptors (Lipinski definition) is 3. The Morgan fingerprint density at radius 2 is 1.89 bits per heavy atom. The van der Waals surface area contributed by atoms with Gasteiger partial charge in [-0.2, -0.15) is 0 Å². The van der Waals surface area contributed by atoms with Gasteiger partial charge in [-0.1, -0.05) is 53.7 Å². The summed E-state index contributed by atoms with van der Waals surface area (Å²) in [6.45, 7) is 12.6. The van der Waals surface area contributed by atoms with E-state index in [1.165, 1.54) is 0 Å². The highest BCUT2D eigenvalue weighted by molar-refractivity contribution is 8.25. The highest BCUT2D eigenvalue weighted by Gasteiger charge is 2.31. The predicted octanol–water partition coefficient (Wildman–Crippen LogP) is 4.78. The van der Waals surface area contributed by atoms with Crippen molar-refractivity contribution in [2.75, 3.05) is 0 Å². The van der Waals surface area contributed by atoms with Gasteiger partial charge < -0.3 is 0 Å². The van der Waals surface area contributed by atoms with E-state index in [1.54, 1.807) is 6.08 Å². The lowest BCUT2D eigenvalue weighted by molar-refractivity contribution is 0.252. The molecule has 108 valence electrons. The molecule has 0 spiro atoms. The Morgan fingerprint density at radius 3 is 2.28 bits per heavy atom. The number of hydrogen-bond donors (Lipinski definition) is 3. The van der Waals surface area contributed by atoms with E-state index in [1.807, 2.05) is 26.0 Å². The maximum atomic E-state index is 9.56. The molecule has 0 saturated heterocycles. The molecule has 3 nitrogen and oxygen atoms in total. The van der Waals surface area contributed by atoms with Crippen molar-refractivity contribution >= 4 is 10.8 Å². The standard InChI is InChI=1S/C12H23NO2S.C2H6/c1-9(2)12(4)7-10(3)5-6-11(8-12)16(13,14)15;1-2/h5-6,8-10,14-15H,7,13H2,1-4H3;1-2H3. The van der Waals surface area contributed by atoms with E-state index >= 15 is 0 Å².